The second-order valence-electron chi connectivity index (χ2n) is 6.19. The van der Waals surface area contributed by atoms with E-state index in [4.69, 9.17) is 5.10 Å². The van der Waals surface area contributed by atoms with Crippen LogP contribution in [0.2, 0.25) is 0 Å². The van der Waals surface area contributed by atoms with E-state index in [-0.39, 0.29) is 12.5 Å². The minimum absolute atomic E-state index is 0.0266. The summed E-state index contributed by atoms with van der Waals surface area (Å²) in [5, 5.41) is 13.9. The van der Waals surface area contributed by atoms with Crippen molar-refractivity contribution in [3.05, 3.63) is 47.3 Å². The summed E-state index contributed by atoms with van der Waals surface area (Å²) in [6.45, 7) is 2.83. The lowest BCUT2D eigenvalue weighted by atomic mass is 10.1. The lowest BCUT2D eigenvalue weighted by Crippen LogP contribution is -2.34. The standard InChI is InChI=1S/C19H25N3O2/c1-2-21(13-14-23)19(24)18-16-11-7-4-8-12-17(16)22(20-18)15-9-5-3-6-10-15/h3,5-6,9-10,23H,2,4,7-8,11-14H2,1H3. The molecule has 1 amide bonds. The van der Waals surface area contributed by atoms with Crippen LogP contribution in [0.1, 0.15) is 47.9 Å². The van der Waals surface area contributed by atoms with Crippen LogP contribution in [0.15, 0.2) is 30.3 Å². The molecule has 0 bridgehead atoms. The number of amides is 1. The van der Waals surface area contributed by atoms with Gasteiger partial charge in [0.15, 0.2) is 5.69 Å². The fourth-order valence-electron chi connectivity index (χ4n) is 3.40. The summed E-state index contributed by atoms with van der Waals surface area (Å²) in [5.41, 5.74) is 3.82. The normalized spacial score (nSPS) is 14.1. The summed E-state index contributed by atoms with van der Waals surface area (Å²) in [6, 6.07) is 10.0. The molecule has 1 aromatic carbocycles. The fourth-order valence-corrected chi connectivity index (χ4v) is 3.40. The zero-order valence-corrected chi connectivity index (χ0v) is 14.2. The van der Waals surface area contributed by atoms with Gasteiger partial charge in [0.05, 0.1) is 12.3 Å². The lowest BCUT2D eigenvalue weighted by Gasteiger charge is -2.19. The maximum Gasteiger partial charge on any atom is 0.274 e. The van der Waals surface area contributed by atoms with Crippen molar-refractivity contribution >= 4 is 5.91 Å². The van der Waals surface area contributed by atoms with Crippen LogP contribution in [0, 0.1) is 0 Å². The number of fused-ring (bicyclic) bond motifs is 1. The Morgan fingerprint density at radius 3 is 2.67 bits per heavy atom. The summed E-state index contributed by atoms with van der Waals surface area (Å²) in [7, 11) is 0. The summed E-state index contributed by atoms with van der Waals surface area (Å²) < 4.78 is 1.95. The first kappa shape index (κ1) is 16.7. The van der Waals surface area contributed by atoms with Crippen LogP contribution in [0.3, 0.4) is 0 Å². The first-order valence-electron chi connectivity index (χ1n) is 8.82. The maximum absolute atomic E-state index is 12.9. The third-order valence-corrected chi connectivity index (χ3v) is 4.67. The Morgan fingerprint density at radius 1 is 1.21 bits per heavy atom. The zero-order valence-electron chi connectivity index (χ0n) is 14.2. The fraction of sp³-hybridized carbons (Fsp3) is 0.474. The summed E-state index contributed by atoms with van der Waals surface area (Å²) in [6.07, 6.45) is 5.27. The van der Waals surface area contributed by atoms with Crippen LogP contribution in [-0.2, 0) is 12.8 Å². The topological polar surface area (TPSA) is 58.4 Å². The van der Waals surface area contributed by atoms with E-state index in [2.05, 4.69) is 0 Å². The van der Waals surface area contributed by atoms with Crippen LogP contribution < -0.4 is 0 Å². The van der Waals surface area contributed by atoms with Crippen molar-refractivity contribution in [3.8, 4) is 5.69 Å². The van der Waals surface area contributed by atoms with Gasteiger partial charge in [0.2, 0.25) is 0 Å². The van der Waals surface area contributed by atoms with E-state index < -0.39 is 0 Å². The Morgan fingerprint density at radius 2 is 1.96 bits per heavy atom. The summed E-state index contributed by atoms with van der Waals surface area (Å²) >= 11 is 0. The van der Waals surface area contributed by atoms with Gasteiger partial charge in [-0.05, 0) is 44.7 Å². The second kappa shape index (κ2) is 7.62. The quantitative estimate of drug-likeness (QED) is 0.859. The lowest BCUT2D eigenvalue weighted by molar-refractivity contribution is 0.0724. The number of benzene rings is 1. The molecule has 24 heavy (non-hydrogen) atoms. The van der Waals surface area contributed by atoms with E-state index in [1.807, 2.05) is 41.9 Å². The molecule has 3 rings (SSSR count). The van der Waals surface area contributed by atoms with Crippen LogP contribution in [-0.4, -0.2) is 45.4 Å². The molecule has 5 heteroatoms. The van der Waals surface area contributed by atoms with Gasteiger partial charge in [-0.3, -0.25) is 4.79 Å². The van der Waals surface area contributed by atoms with Crippen molar-refractivity contribution in [1.29, 1.82) is 0 Å². The molecule has 2 aromatic rings. The van der Waals surface area contributed by atoms with Gasteiger partial charge in [-0.25, -0.2) is 4.68 Å². The van der Waals surface area contributed by atoms with E-state index in [0.29, 0.717) is 18.8 Å². The third-order valence-electron chi connectivity index (χ3n) is 4.67. The molecule has 0 unspecified atom stereocenters. The number of hydrogen-bond donors (Lipinski definition) is 1. The minimum Gasteiger partial charge on any atom is -0.395 e. The van der Waals surface area contributed by atoms with Crippen molar-refractivity contribution in [3.63, 3.8) is 0 Å². The Balaban J connectivity index is 2.06. The molecule has 1 aliphatic carbocycles. The number of likely N-dealkylation sites (N-methyl/N-ethyl adjacent to an activating group) is 1. The van der Waals surface area contributed by atoms with Gasteiger partial charge in [0.1, 0.15) is 0 Å². The van der Waals surface area contributed by atoms with E-state index in [9.17, 15) is 9.90 Å². The van der Waals surface area contributed by atoms with Crippen LogP contribution >= 0.6 is 0 Å². The van der Waals surface area contributed by atoms with E-state index >= 15 is 0 Å². The number of rotatable bonds is 5. The van der Waals surface area contributed by atoms with Crippen molar-refractivity contribution in [2.45, 2.75) is 39.0 Å². The number of aliphatic hydroxyl groups excluding tert-OH is 1. The Bertz CT molecular complexity index is 694. The molecule has 0 saturated heterocycles. The van der Waals surface area contributed by atoms with Crippen LogP contribution in [0.25, 0.3) is 5.69 Å². The molecule has 0 atom stereocenters. The molecule has 0 aliphatic heterocycles. The largest absolute Gasteiger partial charge is 0.395 e. The van der Waals surface area contributed by atoms with Crippen molar-refractivity contribution < 1.29 is 9.90 Å². The highest BCUT2D eigenvalue weighted by molar-refractivity contribution is 5.94. The predicted octanol–water partition coefficient (Wildman–Crippen LogP) is 2.60. The van der Waals surface area contributed by atoms with Crippen LogP contribution in [0.5, 0.6) is 0 Å². The molecule has 0 radical (unpaired) electrons. The molecule has 1 heterocycles. The molecule has 1 N–H and O–H groups in total. The summed E-state index contributed by atoms with van der Waals surface area (Å²) in [5.74, 6) is -0.0700. The molecule has 0 fully saturated rings. The number of carbonyl (C=O) groups is 1. The number of hydrogen-bond acceptors (Lipinski definition) is 3. The van der Waals surface area contributed by atoms with Gasteiger partial charge < -0.3 is 10.0 Å². The highest BCUT2D eigenvalue weighted by atomic mass is 16.3. The van der Waals surface area contributed by atoms with Gasteiger partial charge in [-0.1, -0.05) is 24.6 Å². The van der Waals surface area contributed by atoms with E-state index in [1.54, 1.807) is 4.90 Å². The molecular weight excluding hydrogens is 302 g/mol. The second-order valence-corrected chi connectivity index (χ2v) is 6.19. The van der Waals surface area contributed by atoms with Crippen molar-refractivity contribution in [1.82, 2.24) is 14.7 Å². The van der Waals surface area contributed by atoms with Gasteiger partial charge >= 0.3 is 0 Å². The zero-order chi connectivity index (χ0) is 16.9. The Labute approximate surface area is 142 Å². The molecule has 1 aliphatic rings. The molecule has 0 spiro atoms. The Kier molecular flexibility index (Phi) is 5.30. The van der Waals surface area contributed by atoms with Crippen molar-refractivity contribution in [2.75, 3.05) is 19.7 Å². The highest BCUT2D eigenvalue weighted by Gasteiger charge is 2.27. The molecule has 0 saturated carbocycles. The van der Waals surface area contributed by atoms with Gasteiger partial charge in [-0.15, -0.1) is 0 Å². The van der Waals surface area contributed by atoms with Crippen molar-refractivity contribution in [2.24, 2.45) is 0 Å². The average molecular weight is 327 g/mol. The Hall–Kier alpha value is -2.14. The monoisotopic (exact) mass is 327 g/mol. The number of aromatic nitrogens is 2. The van der Waals surface area contributed by atoms with E-state index in [1.165, 1.54) is 12.1 Å². The third kappa shape index (κ3) is 3.22. The van der Waals surface area contributed by atoms with Gasteiger partial charge in [0.25, 0.3) is 5.91 Å². The summed E-state index contributed by atoms with van der Waals surface area (Å²) in [4.78, 5) is 14.6. The number of para-hydroxylation sites is 1. The maximum atomic E-state index is 12.9. The van der Waals surface area contributed by atoms with Crippen LogP contribution in [0.4, 0.5) is 0 Å². The first-order valence-corrected chi connectivity index (χ1v) is 8.82. The smallest absolute Gasteiger partial charge is 0.274 e. The minimum atomic E-state index is -0.0700. The van der Waals surface area contributed by atoms with E-state index in [0.717, 1.165) is 36.9 Å². The molecule has 128 valence electrons. The average Bonchev–Trinajstić information content (AvgIpc) is 2.81. The first-order chi connectivity index (χ1) is 11.8. The number of nitrogens with zero attached hydrogens (tertiary/aromatic N) is 3. The SMILES string of the molecule is CCN(CCO)C(=O)c1nn(-c2ccccc2)c2c1CCCCC2. The molecular formula is C19H25N3O2. The molecule has 1 aromatic heterocycles. The van der Waals surface area contributed by atoms with Gasteiger partial charge in [0, 0.05) is 24.3 Å². The van der Waals surface area contributed by atoms with Gasteiger partial charge in [-0.2, -0.15) is 5.10 Å². The highest BCUT2D eigenvalue weighted by Crippen LogP contribution is 2.27. The molecule has 5 nitrogen and oxygen atoms in total. The predicted molar refractivity (Wildman–Crippen MR) is 93.5 cm³/mol. The number of aliphatic hydroxyl groups is 1. The number of carbonyl (C=O) groups excluding carboxylic acids is 1.